The van der Waals surface area contributed by atoms with Gasteiger partial charge in [0.2, 0.25) is 5.91 Å². The van der Waals surface area contributed by atoms with Gasteiger partial charge in [-0.15, -0.1) is 0 Å². The Balaban J connectivity index is 1.48. The number of aliphatic hydroxyl groups excluding tert-OH is 1. The van der Waals surface area contributed by atoms with Crippen LogP contribution in [0.15, 0.2) is 29.2 Å². The largest absolute Gasteiger partial charge is 0.373 e. The van der Waals surface area contributed by atoms with Crippen molar-refractivity contribution < 1.29 is 14.7 Å². The summed E-state index contributed by atoms with van der Waals surface area (Å²) in [4.78, 5) is 38.7. The van der Waals surface area contributed by atoms with Crippen LogP contribution < -0.4 is 21.6 Å². The molecule has 4 N–H and O–H groups in total. The van der Waals surface area contributed by atoms with E-state index in [9.17, 15) is 19.5 Å². The number of amides is 2. The molecule has 0 spiro atoms. The molecule has 2 heterocycles. The Morgan fingerprint density at radius 1 is 1.14 bits per heavy atom. The lowest BCUT2D eigenvalue weighted by atomic mass is 9.98. The molecule has 1 aromatic carbocycles. The second-order valence-electron chi connectivity index (χ2n) is 9.94. The molecule has 36 heavy (non-hydrogen) atoms. The standard InChI is InChI=1S/C26H36ClN5O4/c1-17-15-32(26(36)31(17)16-23(33)29-19-10-12-28-13-11-19)20-8-9-22(27)21(14-20)25(35)30-24(34)18-6-4-2-3-5-7-18/h8-9,14-15,18-19,24,28,34H,2-7,10-13,16H2,1H3,(H,29,33)(H,30,35). The number of aromatic nitrogens is 2. The Morgan fingerprint density at radius 2 is 1.83 bits per heavy atom. The van der Waals surface area contributed by atoms with Gasteiger partial charge in [-0.25, -0.2) is 4.79 Å². The molecule has 196 valence electrons. The summed E-state index contributed by atoms with van der Waals surface area (Å²) < 4.78 is 2.82. The van der Waals surface area contributed by atoms with E-state index >= 15 is 0 Å². The van der Waals surface area contributed by atoms with Crippen LogP contribution in [0.2, 0.25) is 5.02 Å². The first-order chi connectivity index (χ1) is 17.3. The number of aryl methyl sites for hydroxylation is 1. The lowest BCUT2D eigenvalue weighted by Crippen LogP contribution is -2.44. The summed E-state index contributed by atoms with van der Waals surface area (Å²) in [5, 5.41) is 19.8. The van der Waals surface area contributed by atoms with Gasteiger partial charge in [0.25, 0.3) is 5.91 Å². The van der Waals surface area contributed by atoms with Gasteiger partial charge >= 0.3 is 5.69 Å². The third-order valence-corrected chi connectivity index (χ3v) is 7.61. The molecule has 2 aliphatic rings. The first kappa shape index (κ1) is 26.4. The smallest absolute Gasteiger partial charge is 0.333 e. The summed E-state index contributed by atoms with van der Waals surface area (Å²) in [6.07, 6.45) is 8.58. The van der Waals surface area contributed by atoms with Crippen LogP contribution in [-0.2, 0) is 11.3 Å². The van der Waals surface area contributed by atoms with E-state index in [-0.39, 0.29) is 40.7 Å². The van der Waals surface area contributed by atoms with E-state index < -0.39 is 12.1 Å². The van der Waals surface area contributed by atoms with Crippen molar-refractivity contribution in [1.29, 1.82) is 0 Å². The molecule has 1 aliphatic carbocycles. The number of nitrogens with one attached hydrogen (secondary N) is 3. The minimum Gasteiger partial charge on any atom is -0.373 e. The maximum atomic E-state index is 13.2. The van der Waals surface area contributed by atoms with E-state index in [1.54, 1.807) is 25.3 Å². The van der Waals surface area contributed by atoms with Gasteiger partial charge in [-0.1, -0.05) is 37.3 Å². The van der Waals surface area contributed by atoms with Crippen LogP contribution in [0.3, 0.4) is 0 Å². The minimum atomic E-state index is -0.945. The van der Waals surface area contributed by atoms with Gasteiger partial charge in [-0.2, -0.15) is 0 Å². The fourth-order valence-corrected chi connectivity index (χ4v) is 5.35. The predicted molar refractivity (Wildman–Crippen MR) is 138 cm³/mol. The van der Waals surface area contributed by atoms with Crippen molar-refractivity contribution in [3.8, 4) is 5.69 Å². The Labute approximate surface area is 216 Å². The van der Waals surface area contributed by atoms with Crippen molar-refractivity contribution >= 4 is 23.4 Å². The molecule has 1 aromatic heterocycles. The average Bonchev–Trinajstić information content (AvgIpc) is 3.03. The van der Waals surface area contributed by atoms with E-state index in [2.05, 4.69) is 16.0 Å². The maximum absolute atomic E-state index is 13.2. The van der Waals surface area contributed by atoms with Gasteiger partial charge in [-0.05, 0) is 63.9 Å². The topological polar surface area (TPSA) is 117 Å². The van der Waals surface area contributed by atoms with Gasteiger partial charge in [0.15, 0.2) is 0 Å². The molecule has 2 fully saturated rings. The fraction of sp³-hybridized carbons (Fsp3) is 0.577. The van der Waals surface area contributed by atoms with Crippen LogP contribution >= 0.6 is 11.6 Å². The zero-order chi connectivity index (χ0) is 25.7. The molecule has 2 amide bonds. The van der Waals surface area contributed by atoms with E-state index in [1.807, 2.05) is 0 Å². The maximum Gasteiger partial charge on any atom is 0.333 e. The number of imidazole rings is 1. The zero-order valence-electron chi connectivity index (χ0n) is 20.8. The number of aliphatic hydroxyl groups is 1. The second kappa shape index (κ2) is 12.1. The van der Waals surface area contributed by atoms with Gasteiger partial charge in [0.05, 0.1) is 16.3 Å². The van der Waals surface area contributed by atoms with E-state index in [0.29, 0.717) is 11.4 Å². The molecular formula is C26H36ClN5O4. The van der Waals surface area contributed by atoms with Crippen molar-refractivity contribution in [2.24, 2.45) is 5.92 Å². The number of benzene rings is 1. The number of halogens is 1. The van der Waals surface area contributed by atoms with Gasteiger partial charge in [0, 0.05) is 23.9 Å². The Bertz CT molecular complexity index is 1130. The summed E-state index contributed by atoms with van der Waals surface area (Å²) in [5.41, 5.74) is 0.896. The summed E-state index contributed by atoms with van der Waals surface area (Å²) in [6.45, 7) is 3.42. The lowest BCUT2D eigenvalue weighted by Gasteiger charge is -2.23. The quantitative estimate of drug-likeness (QED) is 0.332. The number of carbonyl (C=O) groups excluding carboxylic acids is 2. The normalized spacial score (nSPS) is 18.4. The summed E-state index contributed by atoms with van der Waals surface area (Å²) >= 11 is 6.32. The van der Waals surface area contributed by atoms with Crippen LogP contribution in [0.25, 0.3) is 5.69 Å². The van der Waals surface area contributed by atoms with Crippen LogP contribution in [0.4, 0.5) is 0 Å². The monoisotopic (exact) mass is 517 g/mol. The zero-order valence-corrected chi connectivity index (χ0v) is 21.5. The van der Waals surface area contributed by atoms with Crippen molar-refractivity contribution in [2.75, 3.05) is 13.1 Å². The Kier molecular flexibility index (Phi) is 8.87. The molecule has 1 saturated heterocycles. The number of carbonyl (C=O) groups is 2. The van der Waals surface area contributed by atoms with Crippen LogP contribution in [0.5, 0.6) is 0 Å². The highest BCUT2D eigenvalue weighted by Crippen LogP contribution is 2.26. The molecule has 0 bridgehead atoms. The first-order valence-corrected chi connectivity index (χ1v) is 13.3. The molecule has 4 rings (SSSR count). The summed E-state index contributed by atoms with van der Waals surface area (Å²) in [5.74, 6) is -0.661. The predicted octanol–water partition coefficient (Wildman–Crippen LogP) is 2.49. The molecule has 9 nitrogen and oxygen atoms in total. The van der Waals surface area contributed by atoms with Gasteiger partial charge in [0.1, 0.15) is 12.8 Å². The molecule has 1 saturated carbocycles. The first-order valence-electron chi connectivity index (χ1n) is 12.9. The number of nitrogens with zero attached hydrogens (tertiary/aromatic N) is 2. The summed E-state index contributed by atoms with van der Waals surface area (Å²) in [6, 6.07) is 4.87. The molecule has 1 aliphatic heterocycles. The SMILES string of the molecule is Cc1cn(-c2ccc(Cl)c(C(=O)NC(O)C3CCCCCC3)c2)c(=O)n1CC(=O)NC1CCNCC1. The van der Waals surface area contributed by atoms with Gasteiger partial charge in [-0.3, -0.25) is 18.7 Å². The van der Waals surface area contributed by atoms with Crippen molar-refractivity contribution in [1.82, 2.24) is 25.1 Å². The number of hydrogen-bond donors (Lipinski definition) is 4. The van der Waals surface area contributed by atoms with Crippen LogP contribution in [0, 0.1) is 12.8 Å². The third-order valence-electron chi connectivity index (χ3n) is 7.28. The molecule has 1 atom stereocenters. The number of piperidine rings is 1. The second-order valence-corrected chi connectivity index (χ2v) is 10.3. The highest BCUT2D eigenvalue weighted by Gasteiger charge is 2.24. The number of hydrogen-bond acceptors (Lipinski definition) is 5. The molecule has 2 aromatic rings. The van der Waals surface area contributed by atoms with Crippen molar-refractivity contribution in [2.45, 2.75) is 77.1 Å². The fourth-order valence-electron chi connectivity index (χ4n) is 5.15. The minimum absolute atomic E-state index is 0.0220. The van der Waals surface area contributed by atoms with E-state index in [0.717, 1.165) is 64.5 Å². The summed E-state index contributed by atoms with van der Waals surface area (Å²) in [7, 11) is 0. The van der Waals surface area contributed by atoms with E-state index in [4.69, 9.17) is 11.6 Å². The van der Waals surface area contributed by atoms with Crippen molar-refractivity contribution in [3.63, 3.8) is 0 Å². The van der Waals surface area contributed by atoms with Crippen LogP contribution in [0.1, 0.15) is 67.4 Å². The van der Waals surface area contributed by atoms with Crippen molar-refractivity contribution in [3.05, 3.63) is 51.2 Å². The Morgan fingerprint density at radius 3 is 2.53 bits per heavy atom. The number of rotatable bonds is 7. The highest BCUT2D eigenvalue weighted by molar-refractivity contribution is 6.33. The molecular weight excluding hydrogens is 482 g/mol. The van der Waals surface area contributed by atoms with Gasteiger partial charge < -0.3 is 21.1 Å². The molecule has 1 unspecified atom stereocenters. The van der Waals surface area contributed by atoms with Crippen LogP contribution in [-0.4, -0.2) is 51.4 Å². The molecule has 10 heteroatoms. The Hall–Kier alpha value is -2.62. The van der Waals surface area contributed by atoms with E-state index in [1.165, 1.54) is 15.2 Å². The average molecular weight is 518 g/mol. The molecule has 0 radical (unpaired) electrons. The lowest BCUT2D eigenvalue weighted by molar-refractivity contribution is -0.122. The third kappa shape index (κ3) is 6.38. The highest BCUT2D eigenvalue weighted by atomic mass is 35.5.